The zero-order valence-electron chi connectivity index (χ0n) is 6.25. The molecule has 0 saturated carbocycles. The lowest BCUT2D eigenvalue weighted by Crippen LogP contribution is -2.10. The number of halogens is 1. The van der Waals surface area contributed by atoms with Gasteiger partial charge in [-0.3, -0.25) is 0 Å². The highest BCUT2D eigenvalue weighted by Crippen LogP contribution is 2.42. The zero-order valence-corrected chi connectivity index (χ0v) is 7.01. The molecule has 0 aromatic heterocycles. The molecule has 0 amide bonds. The van der Waals surface area contributed by atoms with Gasteiger partial charge in [-0.05, 0) is 6.07 Å². The first-order chi connectivity index (χ1) is 5.70. The van der Waals surface area contributed by atoms with Crippen molar-refractivity contribution in [3.63, 3.8) is 0 Å². The summed E-state index contributed by atoms with van der Waals surface area (Å²) in [5, 5.41) is 9.72. The zero-order chi connectivity index (χ0) is 8.72. The monoisotopic (exact) mass is 185 g/mol. The number of phenolic OH excluding ortho intramolecular Hbond substituents is 1. The van der Waals surface area contributed by atoms with Crippen molar-refractivity contribution in [3.8, 4) is 11.5 Å². The molecule has 64 valence electrons. The van der Waals surface area contributed by atoms with E-state index in [0.717, 1.165) is 5.56 Å². The molecule has 3 N–H and O–H groups in total. The average molecular weight is 186 g/mol. The summed E-state index contributed by atoms with van der Waals surface area (Å²) in [4.78, 5) is 0. The van der Waals surface area contributed by atoms with E-state index in [4.69, 9.17) is 22.1 Å². The molecule has 4 heteroatoms. The lowest BCUT2D eigenvalue weighted by atomic mass is 10.1. The highest BCUT2D eigenvalue weighted by atomic mass is 35.5. The molecule has 1 aromatic rings. The first-order valence-electron chi connectivity index (χ1n) is 3.60. The summed E-state index contributed by atoms with van der Waals surface area (Å²) in [6.07, 6.45) is 0. The molecule has 3 nitrogen and oxygen atoms in total. The van der Waals surface area contributed by atoms with Gasteiger partial charge < -0.3 is 15.6 Å². The average Bonchev–Trinajstić information content (AvgIpc) is 2.41. The normalized spacial score (nSPS) is 20.3. The van der Waals surface area contributed by atoms with E-state index in [-0.39, 0.29) is 11.8 Å². The van der Waals surface area contributed by atoms with Crippen LogP contribution in [-0.2, 0) is 0 Å². The van der Waals surface area contributed by atoms with Gasteiger partial charge in [0.25, 0.3) is 0 Å². The van der Waals surface area contributed by atoms with Gasteiger partial charge in [-0.25, -0.2) is 0 Å². The second-order valence-corrected chi connectivity index (χ2v) is 3.14. The van der Waals surface area contributed by atoms with Crippen molar-refractivity contribution in [3.05, 3.63) is 22.7 Å². The van der Waals surface area contributed by atoms with Gasteiger partial charge in [-0.2, -0.15) is 0 Å². The number of hydrogen-bond donors (Lipinski definition) is 2. The van der Waals surface area contributed by atoms with Crippen LogP contribution < -0.4 is 10.5 Å². The fourth-order valence-corrected chi connectivity index (χ4v) is 1.42. The minimum Gasteiger partial charge on any atom is -0.503 e. The maximum atomic E-state index is 9.42. The number of ether oxygens (including phenoxy) is 1. The molecule has 1 atom stereocenters. The lowest BCUT2D eigenvalue weighted by Gasteiger charge is -2.03. The molecule has 1 heterocycles. The molecule has 2 rings (SSSR count). The Labute approximate surface area is 74.7 Å². The third kappa shape index (κ3) is 0.940. The standard InChI is InChI=1S/C8H8ClNO2/c9-5-2-1-4-6(10)3-12-8(4)7(5)11/h1-2,6,11H,3,10H2/t6-/m0/s1. The van der Waals surface area contributed by atoms with Crippen molar-refractivity contribution >= 4 is 11.6 Å². The molecule has 0 aliphatic carbocycles. The van der Waals surface area contributed by atoms with Gasteiger partial charge in [0.2, 0.25) is 0 Å². The number of benzene rings is 1. The molecule has 0 spiro atoms. The van der Waals surface area contributed by atoms with Crippen molar-refractivity contribution in [2.24, 2.45) is 5.73 Å². The molecule has 12 heavy (non-hydrogen) atoms. The number of fused-ring (bicyclic) bond motifs is 1. The molecular formula is C8H8ClNO2. The predicted molar refractivity (Wildman–Crippen MR) is 45.5 cm³/mol. The highest BCUT2D eigenvalue weighted by molar-refractivity contribution is 6.32. The van der Waals surface area contributed by atoms with E-state index in [1.807, 2.05) is 0 Å². The van der Waals surface area contributed by atoms with Crippen molar-refractivity contribution in [1.29, 1.82) is 0 Å². The van der Waals surface area contributed by atoms with E-state index in [1.165, 1.54) is 0 Å². The van der Waals surface area contributed by atoms with Gasteiger partial charge in [0.15, 0.2) is 11.5 Å². The van der Waals surface area contributed by atoms with Crippen LogP contribution >= 0.6 is 11.6 Å². The van der Waals surface area contributed by atoms with Crippen molar-refractivity contribution in [1.82, 2.24) is 0 Å². The third-order valence-corrected chi connectivity index (χ3v) is 2.22. The van der Waals surface area contributed by atoms with Crippen molar-refractivity contribution in [2.75, 3.05) is 6.61 Å². The summed E-state index contributed by atoms with van der Waals surface area (Å²) in [5.74, 6) is 0.414. The number of aromatic hydroxyl groups is 1. The van der Waals surface area contributed by atoms with Crippen LogP contribution in [0.2, 0.25) is 5.02 Å². The largest absolute Gasteiger partial charge is 0.503 e. The Hall–Kier alpha value is -0.930. The molecule has 0 unspecified atom stereocenters. The van der Waals surface area contributed by atoms with Crippen LogP contribution in [0.4, 0.5) is 0 Å². The Kier molecular flexibility index (Phi) is 1.63. The van der Waals surface area contributed by atoms with E-state index in [2.05, 4.69) is 0 Å². The van der Waals surface area contributed by atoms with Gasteiger partial charge in [0.1, 0.15) is 6.61 Å². The number of rotatable bonds is 0. The first kappa shape index (κ1) is 7.71. The smallest absolute Gasteiger partial charge is 0.177 e. The molecule has 0 fully saturated rings. The van der Waals surface area contributed by atoms with Crippen molar-refractivity contribution in [2.45, 2.75) is 6.04 Å². The van der Waals surface area contributed by atoms with E-state index in [9.17, 15) is 5.11 Å². The summed E-state index contributed by atoms with van der Waals surface area (Å²) in [5.41, 5.74) is 6.50. The molecule has 1 aliphatic heterocycles. The minimum atomic E-state index is -0.150. The summed E-state index contributed by atoms with van der Waals surface area (Å²) in [6, 6.07) is 3.24. The quantitative estimate of drug-likeness (QED) is 0.643. The van der Waals surface area contributed by atoms with Crippen LogP contribution in [0, 0.1) is 0 Å². The topological polar surface area (TPSA) is 55.5 Å². The van der Waals surface area contributed by atoms with Crippen LogP contribution in [0.25, 0.3) is 0 Å². The Morgan fingerprint density at radius 1 is 1.58 bits per heavy atom. The fraction of sp³-hybridized carbons (Fsp3) is 0.250. The fourth-order valence-electron chi connectivity index (χ4n) is 1.27. The predicted octanol–water partition coefficient (Wildman–Crippen LogP) is 1.44. The number of phenols is 1. The van der Waals surface area contributed by atoms with Crippen molar-refractivity contribution < 1.29 is 9.84 Å². The first-order valence-corrected chi connectivity index (χ1v) is 3.97. The highest BCUT2D eigenvalue weighted by Gasteiger charge is 2.24. The van der Waals surface area contributed by atoms with Crippen LogP contribution in [-0.4, -0.2) is 11.7 Å². The van der Waals surface area contributed by atoms with Gasteiger partial charge in [-0.15, -0.1) is 0 Å². The second kappa shape index (κ2) is 2.54. The summed E-state index contributed by atoms with van der Waals surface area (Å²) in [6.45, 7) is 0.406. The minimum absolute atomic E-state index is 0.0119. The SMILES string of the molecule is N[C@H]1COc2c1ccc(Cl)c2O. The van der Waals surface area contributed by atoms with Gasteiger partial charge in [0.05, 0.1) is 11.1 Å². The summed E-state index contributed by atoms with van der Waals surface area (Å²) in [7, 11) is 0. The van der Waals surface area contributed by atoms with Gasteiger partial charge in [0, 0.05) is 5.56 Å². The summed E-state index contributed by atoms with van der Waals surface area (Å²) < 4.78 is 5.16. The number of hydrogen-bond acceptors (Lipinski definition) is 3. The Morgan fingerprint density at radius 3 is 3.08 bits per heavy atom. The Bertz CT molecular complexity index is 327. The Balaban J connectivity index is 2.60. The van der Waals surface area contributed by atoms with Gasteiger partial charge >= 0.3 is 0 Å². The van der Waals surface area contributed by atoms with E-state index in [1.54, 1.807) is 12.1 Å². The van der Waals surface area contributed by atoms with Crippen LogP contribution in [0.5, 0.6) is 11.5 Å². The van der Waals surface area contributed by atoms with Crippen LogP contribution in [0.15, 0.2) is 12.1 Å². The lowest BCUT2D eigenvalue weighted by molar-refractivity contribution is 0.317. The second-order valence-electron chi connectivity index (χ2n) is 2.73. The molecule has 1 aliphatic rings. The molecule has 0 radical (unpaired) electrons. The van der Waals surface area contributed by atoms with Crippen LogP contribution in [0.1, 0.15) is 11.6 Å². The molecule has 0 bridgehead atoms. The molecule has 0 saturated heterocycles. The molecular weight excluding hydrogens is 178 g/mol. The maximum absolute atomic E-state index is 9.42. The summed E-state index contributed by atoms with van der Waals surface area (Å²) >= 11 is 5.67. The van der Waals surface area contributed by atoms with E-state index >= 15 is 0 Å². The van der Waals surface area contributed by atoms with E-state index < -0.39 is 0 Å². The molecule has 1 aromatic carbocycles. The third-order valence-electron chi connectivity index (χ3n) is 1.92. The van der Waals surface area contributed by atoms with E-state index in [0.29, 0.717) is 17.4 Å². The van der Waals surface area contributed by atoms with Gasteiger partial charge in [-0.1, -0.05) is 17.7 Å². The maximum Gasteiger partial charge on any atom is 0.177 e. The Morgan fingerprint density at radius 2 is 2.33 bits per heavy atom. The van der Waals surface area contributed by atoms with Crippen LogP contribution in [0.3, 0.4) is 0 Å². The number of nitrogens with two attached hydrogens (primary N) is 1.